The van der Waals surface area contributed by atoms with Gasteiger partial charge in [0, 0.05) is 37.9 Å². The normalized spacial score (nSPS) is 13.7. The monoisotopic (exact) mass is 577 g/mol. The highest BCUT2D eigenvalue weighted by atomic mass is 16.3. The Morgan fingerprint density at radius 3 is 2.18 bits per heavy atom. The van der Waals surface area contributed by atoms with Crippen LogP contribution in [-0.2, 0) is 5.41 Å². The van der Waals surface area contributed by atoms with Crippen LogP contribution >= 0.6 is 0 Å². The van der Waals surface area contributed by atoms with Gasteiger partial charge in [0.25, 0.3) is 0 Å². The summed E-state index contributed by atoms with van der Waals surface area (Å²) >= 11 is 0. The highest BCUT2D eigenvalue weighted by Crippen LogP contribution is 2.57. The van der Waals surface area contributed by atoms with Gasteiger partial charge >= 0.3 is 0 Å². The molecule has 0 spiro atoms. The average Bonchev–Trinajstić information content (AvgIpc) is 3.71. The number of aromatic nitrogens is 3. The molecule has 10 rings (SSSR count). The summed E-state index contributed by atoms with van der Waals surface area (Å²) in [5.41, 5.74) is 11.7. The van der Waals surface area contributed by atoms with Crippen molar-refractivity contribution in [2.75, 3.05) is 0 Å². The lowest BCUT2D eigenvalue weighted by atomic mass is 9.80. The van der Waals surface area contributed by atoms with E-state index in [4.69, 9.17) is 14.4 Å². The zero-order valence-corrected chi connectivity index (χ0v) is 24.9. The van der Waals surface area contributed by atoms with Crippen molar-refractivity contribution >= 4 is 54.6 Å². The van der Waals surface area contributed by atoms with Crippen LogP contribution < -0.4 is 0 Å². The van der Waals surface area contributed by atoms with Gasteiger partial charge in [-0.2, -0.15) is 0 Å². The second-order valence-corrected chi connectivity index (χ2v) is 12.6. The van der Waals surface area contributed by atoms with E-state index in [1.165, 1.54) is 33.0 Å². The van der Waals surface area contributed by atoms with E-state index in [9.17, 15) is 0 Å². The zero-order chi connectivity index (χ0) is 29.9. The largest absolute Gasteiger partial charge is 0.454 e. The molecular formula is C41H27N3O. The quantitative estimate of drug-likeness (QED) is 0.205. The Hall–Kier alpha value is -5.74. The molecule has 4 nitrogen and oxygen atoms in total. The van der Waals surface area contributed by atoms with Gasteiger partial charge in [-0.25, -0.2) is 9.97 Å². The van der Waals surface area contributed by atoms with Crippen LogP contribution in [0.5, 0.6) is 0 Å². The van der Waals surface area contributed by atoms with Gasteiger partial charge < -0.3 is 4.42 Å². The number of benzene rings is 6. The molecule has 0 unspecified atom stereocenters. The highest BCUT2D eigenvalue weighted by Gasteiger charge is 2.41. The van der Waals surface area contributed by atoms with Crippen molar-refractivity contribution in [3.05, 3.63) is 139 Å². The molecule has 0 N–H and O–H groups in total. The molecule has 0 amide bonds. The van der Waals surface area contributed by atoms with E-state index in [-0.39, 0.29) is 5.41 Å². The average molecular weight is 578 g/mol. The molecular weight excluding hydrogens is 550 g/mol. The summed E-state index contributed by atoms with van der Waals surface area (Å²) in [5, 5.41) is 5.67. The lowest BCUT2D eigenvalue weighted by Gasteiger charge is -2.22. The molecule has 3 aromatic heterocycles. The summed E-state index contributed by atoms with van der Waals surface area (Å²) in [6, 6.07) is 44.6. The van der Waals surface area contributed by atoms with Crippen LogP contribution in [0, 0.1) is 0 Å². The van der Waals surface area contributed by atoms with Crippen molar-refractivity contribution in [2.24, 2.45) is 0 Å². The van der Waals surface area contributed by atoms with E-state index >= 15 is 0 Å². The number of hydrogen-bond donors (Lipinski definition) is 0. The van der Waals surface area contributed by atoms with Crippen LogP contribution in [0.1, 0.15) is 25.0 Å². The van der Waals surface area contributed by atoms with Crippen LogP contribution in [0.15, 0.2) is 132 Å². The lowest BCUT2D eigenvalue weighted by Crippen LogP contribution is -2.15. The van der Waals surface area contributed by atoms with Crippen molar-refractivity contribution in [1.82, 2.24) is 14.5 Å². The third-order valence-electron chi connectivity index (χ3n) is 9.77. The Balaban J connectivity index is 1.47. The van der Waals surface area contributed by atoms with E-state index in [0.29, 0.717) is 5.95 Å². The standard InChI is InChI=1S/C41H27N3O/c1-41(2)29-20-10-6-16-25(29)33-34-27-18-8-12-22-31(27)44(38(34)39-35(36(33)41)28-19-9-13-23-32(28)45-39)40-42-30-21-11-7-17-26(30)37(43-40)24-14-4-3-5-15-24/h3-23H,1-2H3. The SMILES string of the molecule is CC1(C)c2ccccc2-c2c1c1c3ccccc3oc1c1c2c2ccccc2n1-c1nc(-c2ccccc2)c2ccccc2n1. The van der Waals surface area contributed by atoms with Crippen LogP contribution in [0.4, 0.5) is 0 Å². The molecule has 45 heavy (non-hydrogen) atoms. The minimum absolute atomic E-state index is 0.214. The van der Waals surface area contributed by atoms with Crippen LogP contribution in [0.2, 0.25) is 0 Å². The molecule has 9 aromatic rings. The number of hydrogen-bond acceptors (Lipinski definition) is 3. The lowest BCUT2D eigenvalue weighted by molar-refractivity contribution is 0.658. The van der Waals surface area contributed by atoms with Gasteiger partial charge in [0.05, 0.1) is 16.7 Å². The zero-order valence-electron chi connectivity index (χ0n) is 24.9. The molecule has 0 fully saturated rings. The maximum Gasteiger partial charge on any atom is 0.235 e. The molecule has 1 aliphatic carbocycles. The van der Waals surface area contributed by atoms with Crippen LogP contribution in [0.25, 0.3) is 83.0 Å². The predicted octanol–water partition coefficient (Wildman–Crippen LogP) is 10.6. The second-order valence-electron chi connectivity index (χ2n) is 12.6. The summed E-state index contributed by atoms with van der Waals surface area (Å²) in [6.07, 6.45) is 0. The minimum atomic E-state index is -0.214. The van der Waals surface area contributed by atoms with Crippen molar-refractivity contribution in [3.8, 4) is 28.3 Å². The first kappa shape index (κ1) is 24.7. The van der Waals surface area contributed by atoms with E-state index in [1.807, 2.05) is 12.1 Å². The van der Waals surface area contributed by atoms with Gasteiger partial charge in [-0.3, -0.25) is 4.57 Å². The van der Waals surface area contributed by atoms with Gasteiger partial charge in [-0.15, -0.1) is 0 Å². The molecule has 3 heterocycles. The van der Waals surface area contributed by atoms with Gasteiger partial charge in [-0.1, -0.05) is 123 Å². The first-order valence-corrected chi connectivity index (χ1v) is 15.4. The molecule has 212 valence electrons. The number of fused-ring (bicyclic) bond motifs is 13. The number of furan rings is 1. The number of para-hydroxylation sites is 3. The third kappa shape index (κ3) is 3.16. The molecule has 6 aromatic carbocycles. The molecule has 0 saturated heterocycles. The second kappa shape index (κ2) is 8.67. The van der Waals surface area contributed by atoms with Crippen LogP contribution in [0.3, 0.4) is 0 Å². The van der Waals surface area contributed by atoms with Gasteiger partial charge in [0.1, 0.15) is 11.1 Å². The molecule has 0 atom stereocenters. The fraction of sp³-hybridized carbons (Fsp3) is 0.0732. The Bertz CT molecular complexity index is 2680. The summed E-state index contributed by atoms with van der Waals surface area (Å²) in [4.78, 5) is 10.6. The molecule has 0 radical (unpaired) electrons. The summed E-state index contributed by atoms with van der Waals surface area (Å²) in [7, 11) is 0. The summed E-state index contributed by atoms with van der Waals surface area (Å²) in [5.74, 6) is 0.631. The Labute approximate surface area is 259 Å². The van der Waals surface area contributed by atoms with E-state index in [1.54, 1.807) is 0 Å². The molecule has 1 aliphatic rings. The smallest absolute Gasteiger partial charge is 0.235 e. The van der Waals surface area contributed by atoms with E-state index in [0.717, 1.165) is 55.1 Å². The van der Waals surface area contributed by atoms with Gasteiger partial charge in [0.15, 0.2) is 5.58 Å². The van der Waals surface area contributed by atoms with Crippen molar-refractivity contribution < 1.29 is 4.42 Å². The fourth-order valence-corrected chi connectivity index (χ4v) is 7.88. The summed E-state index contributed by atoms with van der Waals surface area (Å²) in [6.45, 7) is 4.70. The topological polar surface area (TPSA) is 43.9 Å². The Morgan fingerprint density at radius 1 is 0.622 bits per heavy atom. The number of nitrogens with zero attached hydrogens (tertiary/aromatic N) is 3. The highest BCUT2D eigenvalue weighted by molar-refractivity contribution is 6.29. The number of rotatable bonds is 2. The third-order valence-corrected chi connectivity index (χ3v) is 9.77. The first-order chi connectivity index (χ1) is 22.1. The first-order valence-electron chi connectivity index (χ1n) is 15.4. The van der Waals surface area contributed by atoms with Crippen molar-refractivity contribution in [1.29, 1.82) is 0 Å². The van der Waals surface area contributed by atoms with E-state index < -0.39 is 0 Å². The maximum atomic E-state index is 6.90. The molecule has 0 aliphatic heterocycles. The fourth-order valence-electron chi connectivity index (χ4n) is 7.88. The minimum Gasteiger partial charge on any atom is -0.454 e. The van der Waals surface area contributed by atoms with Gasteiger partial charge in [-0.05, 0) is 40.5 Å². The van der Waals surface area contributed by atoms with Crippen molar-refractivity contribution in [2.45, 2.75) is 19.3 Å². The molecule has 4 heteroatoms. The Kier molecular flexibility index (Phi) is 4.76. The summed E-state index contributed by atoms with van der Waals surface area (Å²) < 4.78 is 9.14. The van der Waals surface area contributed by atoms with E-state index in [2.05, 4.69) is 134 Å². The maximum absolute atomic E-state index is 6.90. The Morgan fingerprint density at radius 2 is 1.31 bits per heavy atom. The van der Waals surface area contributed by atoms with Crippen molar-refractivity contribution in [3.63, 3.8) is 0 Å². The van der Waals surface area contributed by atoms with Crippen LogP contribution in [-0.4, -0.2) is 14.5 Å². The van der Waals surface area contributed by atoms with Gasteiger partial charge in [0.2, 0.25) is 5.95 Å². The molecule has 0 saturated carbocycles. The molecule has 0 bridgehead atoms. The predicted molar refractivity (Wildman–Crippen MR) is 184 cm³/mol.